The van der Waals surface area contributed by atoms with Crippen molar-refractivity contribution >= 4 is 23.6 Å². The number of carboxylic acid groups (broad SMARTS) is 1. The van der Waals surface area contributed by atoms with E-state index in [-0.39, 0.29) is 25.1 Å². The molecule has 214 valence electrons. The van der Waals surface area contributed by atoms with Crippen molar-refractivity contribution in [3.63, 3.8) is 0 Å². The van der Waals surface area contributed by atoms with Crippen molar-refractivity contribution in [1.29, 1.82) is 0 Å². The second-order valence-corrected chi connectivity index (χ2v) is 10.7. The molecule has 1 aromatic carbocycles. The number of rotatable bonds is 10. The van der Waals surface area contributed by atoms with E-state index in [0.717, 1.165) is 4.68 Å². The maximum atomic E-state index is 14.5. The molecule has 0 saturated carbocycles. The van der Waals surface area contributed by atoms with E-state index in [0.29, 0.717) is 21.7 Å². The summed E-state index contributed by atoms with van der Waals surface area (Å²) in [4.78, 5) is 42.6. The van der Waals surface area contributed by atoms with Crippen molar-refractivity contribution in [2.45, 2.75) is 58.7 Å². The highest BCUT2D eigenvalue weighted by Gasteiger charge is 2.33. The summed E-state index contributed by atoms with van der Waals surface area (Å²) in [6.45, 7) is 6.24. The molecule has 9 nitrogen and oxygen atoms in total. The molecule has 2 heterocycles. The van der Waals surface area contributed by atoms with Gasteiger partial charge in [0.15, 0.2) is 0 Å². The monoisotopic (exact) mass is 575 g/mol. The Kier molecular flexibility index (Phi) is 9.52. The number of hydrogen-bond donors (Lipinski definition) is 3. The molecule has 2 amide bonds. The first-order valence-electron chi connectivity index (χ1n) is 12.5. The molecule has 0 fully saturated rings. The van der Waals surface area contributed by atoms with Gasteiger partial charge < -0.3 is 15.8 Å². The topological polar surface area (TPSA) is 117 Å². The van der Waals surface area contributed by atoms with Gasteiger partial charge in [-0.1, -0.05) is 23.7 Å². The van der Waals surface area contributed by atoms with Crippen LogP contribution in [0, 0.1) is 6.92 Å². The molecule has 12 heteroatoms. The van der Waals surface area contributed by atoms with Gasteiger partial charge in [-0.05, 0) is 74.7 Å². The van der Waals surface area contributed by atoms with Crippen molar-refractivity contribution in [1.82, 2.24) is 19.9 Å². The lowest BCUT2D eigenvalue weighted by molar-refractivity contribution is -0.120. The third-order valence-electron chi connectivity index (χ3n) is 6.29. The van der Waals surface area contributed by atoms with Gasteiger partial charge in [-0.15, -0.1) is 0 Å². The first-order chi connectivity index (χ1) is 18.7. The van der Waals surface area contributed by atoms with Crippen molar-refractivity contribution in [2.75, 3.05) is 12.0 Å². The Bertz CT molecular complexity index is 1420. The molecule has 0 radical (unpaired) electrons. The van der Waals surface area contributed by atoms with Gasteiger partial charge in [-0.25, -0.2) is 9.47 Å². The standard InChI is InChI=1S/C28H32ClF2N5O4/c1-18-10-12-36(34-17-28(30,31)23-7-5-6-11-32-23)25(38)22(18)14-24(37)33-15-20-13-21(29)9-8-19(20)16-35(26(39)40)27(2,3)4/h5-13,34H,14-17H2,1-4H3,(H,33,37)(H,39,40). The molecule has 3 rings (SSSR count). The number of hydrogen-bond acceptors (Lipinski definition) is 5. The van der Waals surface area contributed by atoms with Crippen molar-refractivity contribution in [3.05, 3.63) is 98.2 Å². The summed E-state index contributed by atoms with van der Waals surface area (Å²) < 4.78 is 30.0. The van der Waals surface area contributed by atoms with Gasteiger partial charge in [0.1, 0.15) is 12.2 Å². The van der Waals surface area contributed by atoms with Crippen LogP contribution in [-0.2, 0) is 30.2 Å². The van der Waals surface area contributed by atoms with E-state index in [9.17, 15) is 28.3 Å². The molecule has 0 aliphatic carbocycles. The number of pyridine rings is 2. The molecule has 0 bridgehead atoms. The Morgan fingerprint density at radius 3 is 2.48 bits per heavy atom. The lowest BCUT2D eigenvalue weighted by atomic mass is 10.0. The number of aryl methyl sites for hydroxylation is 1. The predicted octanol–water partition coefficient (Wildman–Crippen LogP) is 4.68. The van der Waals surface area contributed by atoms with Crippen LogP contribution >= 0.6 is 11.6 Å². The zero-order valence-corrected chi connectivity index (χ0v) is 23.4. The normalized spacial score (nSPS) is 11.7. The summed E-state index contributed by atoms with van der Waals surface area (Å²) in [5, 5.41) is 12.8. The number of halogens is 3. The lowest BCUT2D eigenvalue weighted by Crippen LogP contribution is -2.44. The summed E-state index contributed by atoms with van der Waals surface area (Å²) >= 11 is 6.16. The highest BCUT2D eigenvalue weighted by atomic mass is 35.5. The first kappa shape index (κ1) is 30.6. The zero-order chi connectivity index (χ0) is 29.7. The van der Waals surface area contributed by atoms with Crippen LogP contribution in [0.5, 0.6) is 0 Å². The molecule has 0 aliphatic rings. The minimum absolute atomic E-state index is 0.0426. The first-order valence-corrected chi connectivity index (χ1v) is 12.9. The third-order valence-corrected chi connectivity index (χ3v) is 6.52. The highest BCUT2D eigenvalue weighted by molar-refractivity contribution is 6.30. The van der Waals surface area contributed by atoms with E-state index in [1.54, 1.807) is 52.0 Å². The number of alkyl halides is 2. The van der Waals surface area contributed by atoms with Crippen LogP contribution < -0.4 is 16.3 Å². The molecule has 2 aromatic heterocycles. The van der Waals surface area contributed by atoms with Gasteiger partial charge >= 0.3 is 12.0 Å². The van der Waals surface area contributed by atoms with Crippen molar-refractivity contribution in [2.24, 2.45) is 0 Å². The fourth-order valence-electron chi connectivity index (χ4n) is 3.95. The van der Waals surface area contributed by atoms with Gasteiger partial charge in [-0.3, -0.25) is 19.5 Å². The van der Waals surface area contributed by atoms with Crippen LogP contribution in [-0.4, -0.2) is 43.8 Å². The molecule has 0 spiro atoms. The van der Waals surface area contributed by atoms with Crippen LogP contribution in [0.15, 0.2) is 59.7 Å². The average molecular weight is 576 g/mol. The van der Waals surface area contributed by atoms with Gasteiger partial charge in [-0.2, -0.15) is 8.78 Å². The molecule has 0 aliphatic heterocycles. The summed E-state index contributed by atoms with van der Waals surface area (Å²) in [5.41, 5.74) is 2.66. The Labute approximate surface area is 235 Å². The second kappa shape index (κ2) is 12.5. The van der Waals surface area contributed by atoms with Crippen LogP contribution in [0.1, 0.15) is 48.7 Å². The molecule has 3 N–H and O–H groups in total. The molecule has 0 atom stereocenters. The highest BCUT2D eigenvalue weighted by Crippen LogP contribution is 2.25. The minimum atomic E-state index is -3.33. The fourth-order valence-corrected chi connectivity index (χ4v) is 4.15. The molecule has 0 unspecified atom stereocenters. The van der Waals surface area contributed by atoms with Gasteiger partial charge in [0.05, 0.1) is 6.42 Å². The van der Waals surface area contributed by atoms with Gasteiger partial charge in [0.2, 0.25) is 5.91 Å². The largest absolute Gasteiger partial charge is 0.465 e. The summed E-state index contributed by atoms with van der Waals surface area (Å²) in [7, 11) is 0. The van der Waals surface area contributed by atoms with E-state index in [2.05, 4.69) is 15.7 Å². The van der Waals surface area contributed by atoms with Crippen LogP contribution in [0.2, 0.25) is 5.02 Å². The predicted molar refractivity (Wildman–Crippen MR) is 148 cm³/mol. The number of aromatic nitrogens is 2. The summed E-state index contributed by atoms with van der Waals surface area (Å²) in [5.74, 6) is -3.81. The van der Waals surface area contributed by atoms with Gasteiger partial charge in [0.25, 0.3) is 5.56 Å². The Morgan fingerprint density at radius 2 is 1.85 bits per heavy atom. The Morgan fingerprint density at radius 1 is 1.12 bits per heavy atom. The summed E-state index contributed by atoms with van der Waals surface area (Å²) in [6.07, 6.45) is 1.22. The van der Waals surface area contributed by atoms with Gasteiger partial charge in [0, 0.05) is 41.6 Å². The molecular weight excluding hydrogens is 544 g/mol. The molecule has 40 heavy (non-hydrogen) atoms. The summed E-state index contributed by atoms with van der Waals surface area (Å²) in [6, 6.07) is 10.7. The zero-order valence-electron chi connectivity index (χ0n) is 22.7. The van der Waals surface area contributed by atoms with Crippen LogP contribution in [0.25, 0.3) is 0 Å². The molecular formula is C28H32ClF2N5O4. The fraction of sp³-hybridized carbons (Fsp3) is 0.357. The van der Waals surface area contributed by atoms with E-state index in [4.69, 9.17) is 11.6 Å². The third kappa shape index (κ3) is 7.78. The quantitative estimate of drug-likeness (QED) is 0.323. The smallest absolute Gasteiger partial charge is 0.408 e. The minimum Gasteiger partial charge on any atom is -0.465 e. The second-order valence-electron chi connectivity index (χ2n) is 10.3. The van der Waals surface area contributed by atoms with Crippen LogP contribution in [0.3, 0.4) is 0 Å². The SMILES string of the molecule is Cc1ccn(NCC(F)(F)c2ccccn2)c(=O)c1CC(=O)NCc1cc(Cl)ccc1CN(C(=O)O)C(C)(C)C. The van der Waals surface area contributed by atoms with E-state index in [1.807, 2.05) is 0 Å². The Hall–Kier alpha value is -3.99. The maximum Gasteiger partial charge on any atom is 0.408 e. The molecule has 3 aromatic rings. The molecule has 0 saturated heterocycles. The number of amides is 2. The number of benzene rings is 1. The number of carbonyl (C=O) groups excluding carboxylic acids is 1. The number of nitrogens with one attached hydrogen (secondary N) is 2. The van der Waals surface area contributed by atoms with Crippen molar-refractivity contribution in [3.8, 4) is 0 Å². The maximum absolute atomic E-state index is 14.5. The van der Waals surface area contributed by atoms with Crippen LogP contribution in [0.4, 0.5) is 13.6 Å². The lowest BCUT2D eigenvalue weighted by Gasteiger charge is -2.33. The average Bonchev–Trinajstić information content (AvgIpc) is 2.88. The van der Waals surface area contributed by atoms with E-state index < -0.39 is 41.3 Å². The van der Waals surface area contributed by atoms with E-state index >= 15 is 0 Å². The Balaban J connectivity index is 1.72. The van der Waals surface area contributed by atoms with E-state index in [1.165, 1.54) is 35.5 Å². The number of carbonyl (C=O) groups is 2. The number of nitrogens with zero attached hydrogens (tertiary/aromatic N) is 3. The van der Waals surface area contributed by atoms with Crippen molar-refractivity contribution < 1.29 is 23.5 Å².